The number of amides is 1. The molecule has 0 atom stereocenters. The minimum atomic E-state index is -0.672. The van der Waals surface area contributed by atoms with Crippen LogP contribution in [0.15, 0.2) is 42.5 Å². The quantitative estimate of drug-likeness (QED) is 0.515. The summed E-state index contributed by atoms with van der Waals surface area (Å²) in [6.45, 7) is 0. The van der Waals surface area contributed by atoms with Gasteiger partial charge in [-0.25, -0.2) is 0 Å². The lowest BCUT2D eigenvalue weighted by Crippen LogP contribution is -2.15. The number of nitro benzene ring substituents is 1. The van der Waals surface area contributed by atoms with Crippen LogP contribution in [0.4, 0.5) is 11.4 Å². The van der Waals surface area contributed by atoms with Crippen molar-refractivity contribution in [2.45, 2.75) is 6.42 Å². The van der Waals surface area contributed by atoms with Gasteiger partial charge in [0.25, 0.3) is 5.69 Å². The second-order valence-corrected chi connectivity index (χ2v) is 4.72. The number of halogens is 1. The molecule has 0 saturated carbocycles. The fourth-order valence-corrected chi connectivity index (χ4v) is 2.04. The Bertz CT molecular complexity index is 703. The van der Waals surface area contributed by atoms with Crippen LogP contribution in [0.2, 0.25) is 5.02 Å². The van der Waals surface area contributed by atoms with Crippen molar-refractivity contribution in [3.8, 4) is 5.75 Å². The molecule has 2 aromatic carbocycles. The summed E-state index contributed by atoms with van der Waals surface area (Å²) in [5, 5.41) is 23.4. The van der Waals surface area contributed by atoms with Gasteiger partial charge in [0.15, 0.2) is 5.69 Å². The highest BCUT2D eigenvalue weighted by atomic mass is 35.5. The first-order valence-corrected chi connectivity index (χ1v) is 6.36. The summed E-state index contributed by atoms with van der Waals surface area (Å²) in [6.07, 6.45) is -0.00789. The molecule has 0 aromatic heterocycles. The number of benzene rings is 2. The van der Waals surface area contributed by atoms with Crippen LogP contribution >= 0.6 is 11.6 Å². The zero-order valence-electron chi connectivity index (χ0n) is 10.7. The van der Waals surface area contributed by atoms with E-state index in [4.69, 9.17) is 11.6 Å². The third kappa shape index (κ3) is 3.70. The Labute approximate surface area is 125 Å². The van der Waals surface area contributed by atoms with Crippen molar-refractivity contribution in [2.75, 3.05) is 5.32 Å². The van der Waals surface area contributed by atoms with Gasteiger partial charge in [0.2, 0.25) is 5.91 Å². The summed E-state index contributed by atoms with van der Waals surface area (Å²) < 4.78 is 0. The number of nitrogens with zero attached hydrogens (tertiary/aromatic N) is 1. The zero-order chi connectivity index (χ0) is 15.4. The maximum Gasteiger partial charge on any atom is 0.296 e. The van der Waals surface area contributed by atoms with Gasteiger partial charge in [-0.1, -0.05) is 29.8 Å². The maximum absolute atomic E-state index is 11.9. The molecule has 0 aliphatic rings. The molecular weight excluding hydrogens is 296 g/mol. The van der Waals surface area contributed by atoms with E-state index in [2.05, 4.69) is 5.32 Å². The van der Waals surface area contributed by atoms with E-state index in [-0.39, 0.29) is 23.5 Å². The van der Waals surface area contributed by atoms with Gasteiger partial charge in [0.05, 0.1) is 11.3 Å². The van der Waals surface area contributed by atoms with Crippen molar-refractivity contribution >= 4 is 28.9 Å². The predicted octanol–water partition coefficient (Wildman–Crippen LogP) is 3.14. The Morgan fingerprint density at radius 3 is 2.67 bits per heavy atom. The van der Waals surface area contributed by atoms with Gasteiger partial charge in [0, 0.05) is 11.1 Å². The maximum atomic E-state index is 11.9. The van der Waals surface area contributed by atoms with E-state index in [0.717, 1.165) is 0 Å². The number of carbonyl (C=O) groups is 1. The topological polar surface area (TPSA) is 92.5 Å². The first-order valence-electron chi connectivity index (χ1n) is 5.98. The molecule has 0 aliphatic carbocycles. The number of carbonyl (C=O) groups excluding carboxylic acids is 1. The van der Waals surface area contributed by atoms with E-state index >= 15 is 0 Å². The first kappa shape index (κ1) is 14.8. The molecule has 0 fully saturated rings. The van der Waals surface area contributed by atoms with E-state index < -0.39 is 10.8 Å². The predicted molar refractivity (Wildman–Crippen MR) is 78.5 cm³/mol. The van der Waals surface area contributed by atoms with Gasteiger partial charge in [-0.2, -0.15) is 0 Å². The van der Waals surface area contributed by atoms with Crippen molar-refractivity contribution in [3.63, 3.8) is 0 Å². The lowest BCUT2D eigenvalue weighted by Gasteiger charge is -2.08. The lowest BCUT2D eigenvalue weighted by atomic mass is 10.1. The van der Waals surface area contributed by atoms with Crippen LogP contribution < -0.4 is 5.32 Å². The Hall–Kier alpha value is -2.60. The molecule has 6 nitrogen and oxygen atoms in total. The van der Waals surface area contributed by atoms with E-state index in [1.807, 2.05) is 0 Å². The van der Waals surface area contributed by atoms with Crippen molar-refractivity contribution in [2.24, 2.45) is 0 Å². The van der Waals surface area contributed by atoms with Crippen LogP contribution in [-0.2, 0) is 11.2 Å². The lowest BCUT2D eigenvalue weighted by molar-refractivity contribution is -0.384. The van der Waals surface area contributed by atoms with Crippen LogP contribution in [-0.4, -0.2) is 15.9 Å². The van der Waals surface area contributed by atoms with Gasteiger partial charge in [-0.3, -0.25) is 14.9 Å². The average molecular weight is 307 g/mol. The largest absolute Gasteiger partial charge is 0.505 e. The average Bonchev–Trinajstić information content (AvgIpc) is 2.40. The summed E-state index contributed by atoms with van der Waals surface area (Å²) in [5.41, 5.74) is 0.0852. The number of para-hydroxylation sites is 1. The molecule has 2 rings (SSSR count). The first-order chi connectivity index (χ1) is 9.97. The molecule has 0 aliphatic heterocycles. The van der Waals surface area contributed by atoms with E-state index in [0.29, 0.717) is 10.6 Å². The number of phenolic OH excluding ortho intramolecular Hbond substituents is 1. The van der Waals surface area contributed by atoms with Crippen LogP contribution in [0.3, 0.4) is 0 Å². The Morgan fingerprint density at radius 2 is 2.00 bits per heavy atom. The standard InChI is InChI=1S/C14H11ClN2O4/c15-10-4-1-3-9(7-10)8-13(19)16-14-11(17(20)21)5-2-6-12(14)18/h1-7,18H,8H2,(H,16,19). The third-order valence-corrected chi connectivity index (χ3v) is 2.97. The monoisotopic (exact) mass is 306 g/mol. The van der Waals surface area contributed by atoms with E-state index in [9.17, 15) is 20.0 Å². The summed E-state index contributed by atoms with van der Waals surface area (Å²) in [6, 6.07) is 10.5. The Kier molecular flexibility index (Phi) is 4.39. The fourth-order valence-electron chi connectivity index (χ4n) is 1.82. The van der Waals surface area contributed by atoms with Gasteiger partial charge in [-0.05, 0) is 23.8 Å². The molecule has 0 saturated heterocycles. The van der Waals surface area contributed by atoms with Crippen molar-refractivity contribution in [1.82, 2.24) is 0 Å². The molecule has 108 valence electrons. The Morgan fingerprint density at radius 1 is 1.29 bits per heavy atom. The molecular formula is C14H11ClN2O4. The fraction of sp³-hybridized carbons (Fsp3) is 0.0714. The van der Waals surface area contributed by atoms with Gasteiger partial charge in [-0.15, -0.1) is 0 Å². The Balaban J connectivity index is 2.18. The minimum absolute atomic E-state index is 0.00789. The van der Waals surface area contributed by atoms with Crippen LogP contribution in [0.1, 0.15) is 5.56 Å². The molecule has 7 heteroatoms. The second kappa shape index (κ2) is 6.23. The molecule has 0 spiro atoms. The highest BCUT2D eigenvalue weighted by molar-refractivity contribution is 6.30. The normalized spacial score (nSPS) is 10.1. The second-order valence-electron chi connectivity index (χ2n) is 4.28. The number of rotatable bonds is 4. The molecule has 0 bridgehead atoms. The summed E-state index contributed by atoms with van der Waals surface area (Å²) >= 11 is 5.82. The highest BCUT2D eigenvalue weighted by Crippen LogP contribution is 2.33. The number of anilines is 1. The van der Waals surface area contributed by atoms with Crippen LogP contribution in [0.25, 0.3) is 0 Å². The number of hydrogen-bond donors (Lipinski definition) is 2. The van der Waals surface area contributed by atoms with Crippen molar-refractivity contribution in [3.05, 3.63) is 63.2 Å². The molecule has 1 amide bonds. The molecule has 0 heterocycles. The summed E-state index contributed by atoms with van der Waals surface area (Å²) in [4.78, 5) is 22.1. The van der Waals surface area contributed by atoms with Gasteiger partial charge >= 0.3 is 0 Å². The van der Waals surface area contributed by atoms with Crippen molar-refractivity contribution < 1.29 is 14.8 Å². The summed E-state index contributed by atoms with van der Waals surface area (Å²) in [7, 11) is 0. The van der Waals surface area contributed by atoms with Crippen molar-refractivity contribution in [1.29, 1.82) is 0 Å². The molecule has 0 radical (unpaired) electrons. The molecule has 0 unspecified atom stereocenters. The van der Waals surface area contributed by atoms with Crippen LogP contribution in [0.5, 0.6) is 5.75 Å². The number of phenols is 1. The minimum Gasteiger partial charge on any atom is -0.505 e. The van der Waals surface area contributed by atoms with E-state index in [1.165, 1.54) is 18.2 Å². The third-order valence-electron chi connectivity index (χ3n) is 2.74. The highest BCUT2D eigenvalue weighted by Gasteiger charge is 2.19. The number of hydrogen-bond acceptors (Lipinski definition) is 4. The molecule has 2 aromatic rings. The number of nitrogens with one attached hydrogen (secondary N) is 1. The van der Waals surface area contributed by atoms with E-state index in [1.54, 1.807) is 24.3 Å². The number of aromatic hydroxyl groups is 1. The molecule has 21 heavy (non-hydrogen) atoms. The molecule has 2 N–H and O–H groups in total. The summed E-state index contributed by atoms with van der Waals surface area (Å²) in [5.74, 6) is -0.842. The zero-order valence-corrected chi connectivity index (χ0v) is 11.5. The SMILES string of the molecule is O=C(Cc1cccc(Cl)c1)Nc1c(O)cccc1[N+](=O)[O-]. The van der Waals surface area contributed by atoms with Gasteiger partial charge in [0.1, 0.15) is 5.75 Å². The van der Waals surface area contributed by atoms with Gasteiger partial charge < -0.3 is 10.4 Å². The number of nitro groups is 1. The smallest absolute Gasteiger partial charge is 0.296 e. The van der Waals surface area contributed by atoms with Crippen LogP contribution in [0, 0.1) is 10.1 Å².